The lowest BCUT2D eigenvalue weighted by molar-refractivity contribution is -0.138. The van der Waals surface area contributed by atoms with Gasteiger partial charge < -0.3 is 20.2 Å². The zero-order valence-electron chi connectivity index (χ0n) is 36.1. The van der Waals surface area contributed by atoms with Gasteiger partial charge >= 0.3 is 6.18 Å². The van der Waals surface area contributed by atoms with Gasteiger partial charge in [0.1, 0.15) is 17.4 Å². The second-order valence-corrected chi connectivity index (χ2v) is 19.3. The summed E-state index contributed by atoms with van der Waals surface area (Å²) in [7, 11) is -4.13. The fourth-order valence-corrected chi connectivity index (χ4v) is 9.87. The van der Waals surface area contributed by atoms with Crippen molar-refractivity contribution in [1.29, 1.82) is 0 Å². The van der Waals surface area contributed by atoms with Crippen molar-refractivity contribution in [2.75, 3.05) is 69.1 Å². The maximum Gasteiger partial charge on any atom is 0.419 e. The third-order valence-electron chi connectivity index (χ3n) is 12.1. The van der Waals surface area contributed by atoms with Crippen molar-refractivity contribution in [2.24, 2.45) is 5.92 Å². The summed E-state index contributed by atoms with van der Waals surface area (Å²) in [6.07, 6.45) is 0.121. The van der Waals surface area contributed by atoms with Gasteiger partial charge in [-0.1, -0.05) is 6.07 Å². The normalized spacial score (nSPS) is 19.4. The number of piperidine rings is 2. The van der Waals surface area contributed by atoms with Crippen LogP contribution in [0.4, 0.5) is 34.9 Å². The molecule has 0 spiro atoms. The average Bonchev–Trinajstić information content (AvgIpc) is 3.82. The molecule has 0 radical (unpaired) electrons. The molecule has 4 aromatic rings. The number of nitrogens with one attached hydrogen (secondary N) is 3. The molecule has 4 amide bonds. The molecule has 0 aliphatic carbocycles. The van der Waals surface area contributed by atoms with Crippen LogP contribution in [0.25, 0.3) is 11.3 Å². The molecule has 4 aliphatic heterocycles. The van der Waals surface area contributed by atoms with Crippen LogP contribution in [0.2, 0.25) is 0 Å². The Labute approximate surface area is 377 Å². The quantitative estimate of drug-likeness (QED) is 0.106. The molecule has 0 bridgehead atoms. The van der Waals surface area contributed by atoms with Crippen LogP contribution in [0.15, 0.2) is 59.9 Å². The summed E-state index contributed by atoms with van der Waals surface area (Å²) in [5.41, 5.74) is -1.98. The van der Waals surface area contributed by atoms with Gasteiger partial charge in [-0.15, -0.1) is 0 Å². The summed E-state index contributed by atoms with van der Waals surface area (Å²) >= 11 is 0. The zero-order chi connectivity index (χ0) is 47.1. The number of piperazine rings is 1. The number of carbonyl (C=O) groups excluding carboxylic acids is 4. The summed E-state index contributed by atoms with van der Waals surface area (Å²) in [6.45, 7) is 8.67. The lowest BCUT2D eigenvalue weighted by atomic mass is 9.96. The van der Waals surface area contributed by atoms with E-state index in [1.54, 1.807) is 12.1 Å². The van der Waals surface area contributed by atoms with E-state index >= 15 is 4.39 Å². The molecule has 66 heavy (non-hydrogen) atoms. The smallest absolute Gasteiger partial charge is 0.389 e. The molecule has 3 saturated heterocycles. The molecule has 1 unspecified atom stereocenters. The molecule has 4 aliphatic rings. The standard InChI is InChI=1S/C43H49F4N11O7S/c1-42(2,63)25-57-24-27(21-49-57)37-30(43(45,46)47)22-48-41(53-37)51-32-7-6-28(20-31(32)44)66(64,65)50-12-15-54-13-10-26(11-14-54)23-55-16-18-56(19-17-55)33-5-3-4-29-36(33)40(62)58(39(29)61)34-8-9-35(59)52-38(34)60/h3-7,20-22,24,26,34,50,63H,8-19,23,25H2,1-2H3,(H,48,51,53)(H,52,59,60). The molecule has 3 fully saturated rings. The van der Waals surface area contributed by atoms with Gasteiger partial charge in [0.15, 0.2) is 0 Å². The van der Waals surface area contributed by atoms with Crippen molar-refractivity contribution in [2.45, 2.75) is 68.8 Å². The van der Waals surface area contributed by atoms with Gasteiger partial charge in [-0.3, -0.25) is 39.0 Å². The lowest BCUT2D eigenvalue weighted by Crippen LogP contribution is -2.54. The Balaban J connectivity index is 0.793. The maximum atomic E-state index is 15.3. The van der Waals surface area contributed by atoms with Gasteiger partial charge in [0.25, 0.3) is 11.8 Å². The highest BCUT2D eigenvalue weighted by Crippen LogP contribution is 2.37. The summed E-state index contributed by atoms with van der Waals surface area (Å²) in [5.74, 6) is -3.10. The minimum Gasteiger partial charge on any atom is -0.389 e. The van der Waals surface area contributed by atoms with Crippen LogP contribution in [-0.4, -0.2) is 142 Å². The van der Waals surface area contributed by atoms with Gasteiger partial charge in [-0.2, -0.15) is 18.3 Å². The van der Waals surface area contributed by atoms with Crippen molar-refractivity contribution in [1.82, 2.24) is 44.5 Å². The number of anilines is 3. The van der Waals surface area contributed by atoms with Crippen LogP contribution in [0.5, 0.6) is 0 Å². The minimum atomic E-state index is -4.83. The van der Waals surface area contributed by atoms with E-state index in [0.717, 1.165) is 74.9 Å². The van der Waals surface area contributed by atoms with Crippen LogP contribution < -0.4 is 20.3 Å². The van der Waals surface area contributed by atoms with Crippen LogP contribution >= 0.6 is 0 Å². The van der Waals surface area contributed by atoms with Crippen molar-refractivity contribution < 1.29 is 50.3 Å². The monoisotopic (exact) mass is 939 g/mol. The van der Waals surface area contributed by atoms with E-state index in [9.17, 15) is 45.9 Å². The molecule has 6 heterocycles. The number of rotatable bonds is 14. The number of fused-ring (bicyclic) bond motifs is 1. The predicted molar refractivity (Wildman–Crippen MR) is 230 cm³/mol. The average molecular weight is 940 g/mol. The summed E-state index contributed by atoms with van der Waals surface area (Å²) in [6, 6.07) is 7.20. The predicted octanol–water partition coefficient (Wildman–Crippen LogP) is 3.23. The van der Waals surface area contributed by atoms with Crippen LogP contribution in [0, 0.1) is 11.7 Å². The van der Waals surface area contributed by atoms with E-state index < -0.39 is 68.5 Å². The van der Waals surface area contributed by atoms with Crippen molar-refractivity contribution in [3.63, 3.8) is 0 Å². The molecule has 1 atom stereocenters. The molecule has 2 aromatic carbocycles. The number of sulfonamides is 1. The molecule has 23 heteroatoms. The first-order valence-electron chi connectivity index (χ1n) is 21.5. The fraction of sp³-hybridized carbons (Fsp3) is 0.465. The van der Waals surface area contributed by atoms with Crippen LogP contribution in [-0.2, 0) is 32.3 Å². The van der Waals surface area contributed by atoms with Gasteiger partial charge in [-0.25, -0.2) is 27.5 Å². The van der Waals surface area contributed by atoms with E-state index in [1.165, 1.54) is 24.7 Å². The molecule has 18 nitrogen and oxygen atoms in total. The number of amides is 4. The number of imide groups is 2. The Bertz CT molecular complexity index is 2640. The first-order valence-corrected chi connectivity index (χ1v) is 23.0. The lowest BCUT2D eigenvalue weighted by Gasteiger charge is -2.40. The Morgan fingerprint density at radius 2 is 1.67 bits per heavy atom. The third-order valence-corrected chi connectivity index (χ3v) is 13.6. The Morgan fingerprint density at radius 3 is 2.35 bits per heavy atom. The number of hydrogen-bond acceptors (Lipinski definition) is 14. The summed E-state index contributed by atoms with van der Waals surface area (Å²) < 4.78 is 87.1. The largest absolute Gasteiger partial charge is 0.419 e. The zero-order valence-corrected chi connectivity index (χ0v) is 37.0. The number of alkyl halides is 3. The maximum absolute atomic E-state index is 15.3. The second-order valence-electron chi connectivity index (χ2n) is 17.6. The van der Waals surface area contributed by atoms with E-state index in [4.69, 9.17) is 0 Å². The highest BCUT2D eigenvalue weighted by Gasteiger charge is 2.46. The summed E-state index contributed by atoms with van der Waals surface area (Å²) in [5, 5.41) is 18.9. The highest BCUT2D eigenvalue weighted by molar-refractivity contribution is 7.89. The van der Waals surface area contributed by atoms with Gasteiger partial charge in [0.2, 0.25) is 27.8 Å². The number of hydrogen-bond donors (Lipinski definition) is 4. The first-order chi connectivity index (χ1) is 31.2. The Morgan fingerprint density at radius 1 is 0.924 bits per heavy atom. The molecule has 352 valence electrons. The van der Waals surface area contributed by atoms with Gasteiger partial charge in [0.05, 0.1) is 51.4 Å². The van der Waals surface area contributed by atoms with E-state index in [0.29, 0.717) is 37.4 Å². The Hall–Kier alpha value is -5.88. The van der Waals surface area contributed by atoms with Crippen LogP contribution in [0.1, 0.15) is 65.8 Å². The van der Waals surface area contributed by atoms with Crippen molar-refractivity contribution >= 4 is 51.0 Å². The van der Waals surface area contributed by atoms with Crippen molar-refractivity contribution in [3.05, 3.63) is 77.5 Å². The van der Waals surface area contributed by atoms with Crippen LogP contribution in [0.3, 0.4) is 0 Å². The molecule has 0 saturated carbocycles. The number of aromatic nitrogens is 4. The van der Waals surface area contributed by atoms with E-state index in [-0.39, 0.29) is 59.2 Å². The fourth-order valence-electron chi connectivity index (χ4n) is 8.83. The molecular weight excluding hydrogens is 891 g/mol. The number of nitrogens with zero attached hydrogens (tertiary/aromatic N) is 8. The molecule has 8 rings (SSSR count). The number of carbonyl (C=O) groups is 4. The third kappa shape index (κ3) is 10.2. The van der Waals surface area contributed by atoms with Gasteiger partial charge in [-0.05, 0) is 82.4 Å². The molecule has 4 N–H and O–H groups in total. The first kappa shape index (κ1) is 46.6. The number of halogens is 4. The number of likely N-dealkylation sites (tertiary alicyclic amines) is 1. The SMILES string of the molecule is CC(C)(O)Cn1cc(-c2nc(Nc3ccc(S(=O)(=O)NCCN4CCC(CN5CCN(c6cccc7c6C(=O)N(C6CCC(=O)NC6=O)C7=O)CC5)CC4)cc3F)ncc2C(F)(F)F)cn1. The minimum absolute atomic E-state index is 0.00301. The van der Waals surface area contributed by atoms with E-state index in [2.05, 4.69) is 45.1 Å². The number of aliphatic hydroxyl groups is 1. The topological polar surface area (TPSA) is 215 Å². The molecule has 2 aromatic heterocycles. The highest BCUT2D eigenvalue weighted by atomic mass is 32.2. The second kappa shape index (κ2) is 18.4. The summed E-state index contributed by atoms with van der Waals surface area (Å²) in [4.78, 5) is 66.1. The molecular formula is C43H49F4N11O7S. The van der Waals surface area contributed by atoms with Gasteiger partial charge in [0, 0.05) is 70.2 Å². The van der Waals surface area contributed by atoms with Crippen molar-refractivity contribution in [3.8, 4) is 11.3 Å². The van der Waals surface area contributed by atoms with E-state index in [1.807, 2.05) is 6.07 Å². The number of benzene rings is 2. The Kier molecular flexibility index (Phi) is 13.0.